The summed E-state index contributed by atoms with van der Waals surface area (Å²) in [5.74, 6) is -2.27. The average Bonchev–Trinajstić information content (AvgIpc) is 2.47. The second kappa shape index (κ2) is 3.97. The van der Waals surface area contributed by atoms with E-state index < -0.39 is 5.92 Å². The van der Waals surface area contributed by atoms with Gasteiger partial charge in [0, 0.05) is 19.4 Å². The molecule has 3 heteroatoms. The van der Waals surface area contributed by atoms with Gasteiger partial charge in [-0.1, -0.05) is 11.6 Å². The van der Waals surface area contributed by atoms with Crippen LogP contribution in [0.4, 0.5) is 8.78 Å². The number of nitrogens with one attached hydrogen (secondary N) is 1. The van der Waals surface area contributed by atoms with Crippen LogP contribution in [0.1, 0.15) is 32.1 Å². The zero-order chi connectivity index (χ0) is 10.0. The number of rotatable bonds is 1. The van der Waals surface area contributed by atoms with E-state index in [1.165, 1.54) is 5.57 Å². The maximum atomic E-state index is 12.9. The minimum Gasteiger partial charge on any atom is -0.313 e. The fourth-order valence-electron chi connectivity index (χ4n) is 2.38. The lowest BCUT2D eigenvalue weighted by molar-refractivity contribution is 0.00674. The second-order valence-corrected chi connectivity index (χ2v) is 4.46. The SMILES string of the molecule is FC1(F)CCC(/C=C2/CCCNC2)C1. The first-order valence-electron chi connectivity index (χ1n) is 5.44. The molecular weight excluding hydrogens is 184 g/mol. The summed E-state index contributed by atoms with van der Waals surface area (Å²) < 4.78 is 25.8. The van der Waals surface area contributed by atoms with Gasteiger partial charge in [-0.2, -0.15) is 0 Å². The summed E-state index contributed by atoms with van der Waals surface area (Å²) in [6.07, 6.45) is 5.14. The van der Waals surface area contributed by atoms with Gasteiger partial charge in [0.2, 0.25) is 5.92 Å². The van der Waals surface area contributed by atoms with Crippen molar-refractivity contribution in [3.8, 4) is 0 Å². The molecule has 1 saturated heterocycles. The molecule has 2 aliphatic rings. The van der Waals surface area contributed by atoms with Crippen molar-refractivity contribution in [2.45, 2.75) is 38.0 Å². The van der Waals surface area contributed by atoms with E-state index in [2.05, 4.69) is 11.4 Å². The van der Waals surface area contributed by atoms with Crippen molar-refractivity contribution in [2.75, 3.05) is 13.1 Å². The van der Waals surface area contributed by atoms with Gasteiger partial charge in [0.25, 0.3) is 0 Å². The van der Waals surface area contributed by atoms with Crippen molar-refractivity contribution in [3.63, 3.8) is 0 Å². The van der Waals surface area contributed by atoms with Crippen molar-refractivity contribution in [1.29, 1.82) is 0 Å². The van der Waals surface area contributed by atoms with Crippen LogP contribution in [0.15, 0.2) is 11.6 Å². The highest BCUT2D eigenvalue weighted by Crippen LogP contribution is 2.40. The molecule has 0 amide bonds. The summed E-state index contributed by atoms with van der Waals surface area (Å²) >= 11 is 0. The molecule has 1 nitrogen and oxygen atoms in total. The molecule has 0 radical (unpaired) electrons. The fourth-order valence-corrected chi connectivity index (χ4v) is 2.38. The van der Waals surface area contributed by atoms with Crippen LogP contribution in [-0.2, 0) is 0 Å². The normalized spacial score (nSPS) is 35.0. The monoisotopic (exact) mass is 201 g/mol. The van der Waals surface area contributed by atoms with Gasteiger partial charge in [-0.3, -0.25) is 0 Å². The minimum absolute atomic E-state index is 0.0660. The molecule has 1 heterocycles. The molecule has 1 aliphatic carbocycles. The topological polar surface area (TPSA) is 12.0 Å². The van der Waals surface area contributed by atoms with Crippen LogP contribution in [-0.4, -0.2) is 19.0 Å². The van der Waals surface area contributed by atoms with Crippen molar-refractivity contribution < 1.29 is 8.78 Å². The summed E-state index contributed by atoms with van der Waals surface area (Å²) in [5, 5.41) is 3.27. The number of allylic oxidation sites excluding steroid dienone is 1. The Hall–Kier alpha value is -0.440. The fraction of sp³-hybridized carbons (Fsp3) is 0.818. The number of hydrogen-bond donors (Lipinski definition) is 1. The van der Waals surface area contributed by atoms with Crippen LogP contribution in [0.3, 0.4) is 0 Å². The summed E-state index contributed by atoms with van der Waals surface area (Å²) in [6, 6.07) is 0. The Bertz CT molecular complexity index is 227. The van der Waals surface area contributed by atoms with Crippen LogP contribution in [0.2, 0.25) is 0 Å². The molecule has 1 unspecified atom stereocenters. The zero-order valence-corrected chi connectivity index (χ0v) is 8.36. The molecule has 1 saturated carbocycles. The molecule has 80 valence electrons. The predicted octanol–water partition coefficient (Wildman–Crippen LogP) is 2.73. The van der Waals surface area contributed by atoms with Gasteiger partial charge < -0.3 is 5.32 Å². The highest BCUT2D eigenvalue weighted by Gasteiger charge is 2.38. The summed E-state index contributed by atoms with van der Waals surface area (Å²) in [5.41, 5.74) is 1.33. The first-order chi connectivity index (χ1) is 6.66. The third-order valence-electron chi connectivity index (χ3n) is 3.12. The molecule has 0 bridgehead atoms. The van der Waals surface area contributed by atoms with Crippen LogP contribution in [0.25, 0.3) is 0 Å². The first kappa shape index (κ1) is 10.1. The largest absolute Gasteiger partial charge is 0.313 e. The number of halogens is 2. The molecule has 14 heavy (non-hydrogen) atoms. The van der Waals surface area contributed by atoms with Gasteiger partial charge in [-0.05, 0) is 31.7 Å². The average molecular weight is 201 g/mol. The minimum atomic E-state index is -2.40. The highest BCUT2D eigenvalue weighted by atomic mass is 19.3. The first-order valence-corrected chi connectivity index (χ1v) is 5.44. The molecule has 1 aliphatic heterocycles. The Morgan fingerprint density at radius 1 is 1.43 bits per heavy atom. The van der Waals surface area contributed by atoms with Gasteiger partial charge in [-0.15, -0.1) is 0 Å². The van der Waals surface area contributed by atoms with Gasteiger partial charge in [0.05, 0.1) is 0 Å². The molecule has 0 aromatic heterocycles. The van der Waals surface area contributed by atoms with E-state index in [0.29, 0.717) is 6.42 Å². The van der Waals surface area contributed by atoms with Gasteiger partial charge in [-0.25, -0.2) is 8.78 Å². The van der Waals surface area contributed by atoms with Crippen LogP contribution >= 0.6 is 0 Å². The summed E-state index contributed by atoms with van der Waals surface area (Å²) in [6.45, 7) is 1.97. The van der Waals surface area contributed by atoms with Gasteiger partial charge >= 0.3 is 0 Å². The van der Waals surface area contributed by atoms with E-state index >= 15 is 0 Å². The van der Waals surface area contributed by atoms with E-state index in [9.17, 15) is 8.78 Å². The Labute approximate surface area is 83.6 Å². The molecule has 2 rings (SSSR count). The molecule has 0 aromatic carbocycles. The maximum Gasteiger partial charge on any atom is 0.248 e. The number of alkyl halides is 2. The Morgan fingerprint density at radius 2 is 2.29 bits per heavy atom. The van der Waals surface area contributed by atoms with Gasteiger partial charge in [0.1, 0.15) is 0 Å². The Balaban J connectivity index is 1.90. The lowest BCUT2D eigenvalue weighted by Gasteiger charge is -2.17. The standard InChI is InChI=1S/C11H17F2N/c12-11(13)4-3-9(7-11)6-10-2-1-5-14-8-10/h6,9,14H,1-5,7-8H2/b10-6-. The van der Waals surface area contributed by atoms with E-state index in [1.807, 2.05) is 0 Å². The Morgan fingerprint density at radius 3 is 2.86 bits per heavy atom. The van der Waals surface area contributed by atoms with Crippen molar-refractivity contribution >= 4 is 0 Å². The van der Waals surface area contributed by atoms with E-state index in [0.717, 1.165) is 25.9 Å². The third kappa shape index (κ3) is 2.53. The van der Waals surface area contributed by atoms with Crippen LogP contribution in [0, 0.1) is 5.92 Å². The second-order valence-electron chi connectivity index (χ2n) is 4.46. The lowest BCUT2D eigenvalue weighted by Crippen LogP contribution is -2.24. The molecule has 2 fully saturated rings. The van der Waals surface area contributed by atoms with Crippen molar-refractivity contribution in [3.05, 3.63) is 11.6 Å². The lowest BCUT2D eigenvalue weighted by atomic mass is 9.99. The van der Waals surface area contributed by atoms with E-state index in [-0.39, 0.29) is 18.8 Å². The number of piperidine rings is 1. The summed E-state index contributed by atoms with van der Waals surface area (Å²) in [4.78, 5) is 0. The zero-order valence-electron chi connectivity index (χ0n) is 8.36. The number of hydrogen-bond acceptors (Lipinski definition) is 1. The highest BCUT2D eigenvalue weighted by molar-refractivity contribution is 5.10. The van der Waals surface area contributed by atoms with Crippen LogP contribution in [0.5, 0.6) is 0 Å². The predicted molar refractivity (Wildman–Crippen MR) is 52.5 cm³/mol. The summed E-state index contributed by atoms with van der Waals surface area (Å²) in [7, 11) is 0. The van der Waals surface area contributed by atoms with Crippen LogP contribution < -0.4 is 5.32 Å². The van der Waals surface area contributed by atoms with E-state index in [4.69, 9.17) is 0 Å². The van der Waals surface area contributed by atoms with E-state index in [1.54, 1.807) is 0 Å². The molecular formula is C11H17F2N. The smallest absolute Gasteiger partial charge is 0.248 e. The molecule has 1 atom stereocenters. The molecule has 1 N–H and O–H groups in total. The van der Waals surface area contributed by atoms with Crippen molar-refractivity contribution in [2.24, 2.45) is 5.92 Å². The van der Waals surface area contributed by atoms with Gasteiger partial charge in [0.15, 0.2) is 0 Å². The Kier molecular flexibility index (Phi) is 2.86. The molecule has 0 aromatic rings. The third-order valence-corrected chi connectivity index (χ3v) is 3.12. The quantitative estimate of drug-likeness (QED) is 0.643. The maximum absolute atomic E-state index is 12.9. The van der Waals surface area contributed by atoms with Crippen molar-refractivity contribution in [1.82, 2.24) is 5.32 Å². The molecule has 0 spiro atoms.